The molecule has 3 unspecified atom stereocenters. The number of ether oxygens (including phenoxy) is 1. The van der Waals surface area contributed by atoms with E-state index >= 15 is 0 Å². The molecule has 2 aliphatic rings. The molecule has 1 fully saturated rings. The minimum Gasteiger partial charge on any atom is -0.478 e. The fraction of sp³-hybridized carbons (Fsp3) is 0.435. The molecule has 2 aromatic carbocycles. The van der Waals surface area contributed by atoms with Crippen LogP contribution in [0.4, 0.5) is 0 Å². The zero-order chi connectivity index (χ0) is 17.9. The summed E-state index contributed by atoms with van der Waals surface area (Å²) in [5, 5.41) is 2.95. The van der Waals surface area contributed by atoms with Gasteiger partial charge in [-0.25, -0.2) is 4.99 Å². The molecular weight excluding hydrogens is 337 g/mol. The molecule has 26 heavy (non-hydrogen) atoms. The maximum absolute atomic E-state index is 6.12. The van der Waals surface area contributed by atoms with Crippen molar-refractivity contribution in [2.45, 2.75) is 44.8 Å². The SMILES string of the molecule is CC(C)C1COC(C2CCCC2P(c2ccccc2)c2ccccc2)=N1. The van der Waals surface area contributed by atoms with E-state index < -0.39 is 7.92 Å². The maximum atomic E-state index is 6.12. The Hall–Kier alpha value is -1.66. The molecule has 4 rings (SSSR count). The third kappa shape index (κ3) is 3.58. The van der Waals surface area contributed by atoms with E-state index in [1.54, 1.807) is 0 Å². The van der Waals surface area contributed by atoms with Crippen LogP contribution < -0.4 is 10.6 Å². The van der Waals surface area contributed by atoms with Gasteiger partial charge in [-0.2, -0.15) is 0 Å². The molecule has 3 heteroatoms. The van der Waals surface area contributed by atoms with Gasteiger partial charge >= 0.3 is 0 Å². The van der Waals surface area contributed by atoms with Crippen LogP contribution in [0.3, 0.4) is 0 Å². The first-order valence-electron chi connectivity index (χ1n) is 9.84. The van der Waals surface area contributed by atoms with E-state index in [9.17, 15) is 0 Å². The maximum Gasteiger partial charge on any atom is 0.187 e. The summed E-state index contributed by atoms with van der Waals surface area (Å²) in [6, 6.07) is 22.5. The Labute approximate surface area is 158 Å². The lowest BCUT2D eigenvalue weighted by molar-refractivity contribution is 0.277. The molecule has 0 bridgehead atoms. The van der Waals surface area contributed by atoms with Crippen LogP contribution in [0.25, 0.3) is 0 Å². The minimum atomic E-state index is -0.398. The van der Waals surface area contributed by atoms with Crippen LogP contribution in [-0.4, -0.2) is 24.2 Å². The Balaban J connectivity index is 1.68. The summed E-state index contributed by atoms with van der Waals surface area (Å²) >= 11 is 0. The van der Waals surface area contributed by atoms with Gasteiger partial charge in [-0.05, 0) is 42.9 Å². The molecule has 1 aliphatic carbocycles. The Morgan fingerprint density at radius 2 is 1.54 bits per heavy atom. The number of hydrogen-bond acceptors (Lipinski definition) is 2. The van der Waals surface area contributed by atoms with Gasteiger partial charge in [0.1, 0.15) is 6.61 Å². The first-order chi connectivity index (χ1) is 12.7. The molecule has 0 saturated heterocycles. The van der Waals surface area contributed by atoms with E-state index in [-0.39, 0.29) is 0 Å². The molecule has 1 saturated carbocycles. The largest absolute Gasteiger partial charge is 0.478 e. The van der Waals surface area contributed by atoms with E-state index in [0.717, 1.165) is 12.5 Å². The zero-order valence-electron chi connectivity index (χ0n) is 15.7. The first kappa shape index (κ1) is 17.7. The van der Waals surface area contributed by atoms with Crippen molar-refractivity contribution in [2.75, 3.05) is 6.61 Å². The molecular formula is C23H28NOP. The van der Waals surface area contributed by atoms with Crippen LogP contribution in [-0.2, 0) is 4.74 Å². The van der Waals surface area contributed by atoms with Gasteiger partial charge in [0.15, 0.2) is 5.90 Å². The first-order valence-corrected chi connectivity index (χ1v) is 11.2. The topological polar surface area (TPSA) is 21.6 Å². The van der Waals surface area contributed by atoms with Crippen LogP contribution in [0.2, 0.25) is 0 Å². The van der Waals surface area contributed by atoms with Crippen molar-refractivity contribution in [1.82, 2.24) is 0 Å². The molecule has 2 aromatic rings. The molecule has 0 aromatic heterocycles. The second-order valence-electron chi connectivity index (χ2n) is 7.74. The van der Waals surface area contributed by atoms with Crippen molar-refractivity contribution < 1.29 is 4.74 Å². The van der Waals surface area contributed by atoms with Gasteiger partial charge in [-0.15, -0.1) is 0 Å². The van der Waals surface area contributed by atoms with Crippen molar-refractivity contribution in [3.8, 4) is 0 Å². The predicted octanol–water partition coefficient (Wildman–Crippen LogP) is 4.74. The van der Waals surface area contributed by atoms with Gasteiger partial charge in [0.2, 0.25) is 0 Å². The summed E-state index contributed by atoms with van der Waals surface area (Å²) in [5.41, 5.74) is 0.625. The van der Waals surface area contributed by atoms with E-state index in [1.807, 2.05) is 0 Å². The number of benzene rings is 2. The number of hydrogen-bond donors (Lipinski definition) is 0. The Morgan fingerprint density at radius 1 is 0.923 bits per heavy atom. The Bertz CT molecular complexity index is 704. The summed E-state index contributed by atoms with van der Waals surface area (Å²) in [5.74, 6) is 2.08. The van der Waals surface area contributed by atoms with Crippen molar-refractivity contribution in [3.63, 3.8) is 0 Å². The van der Waals surface area contributed by atoms with Crippen LogP contribution >= 0.6 is 7.92 Å². The van der Waals surface area contributed by atoms with Crippen molar-refractivity contribution in [3.05, 3.63) is 60.7 Å². The van der Waals surface area contributed by atoms with Gasteiger partial charge in [0.25, 0.3) is 0 Å². The lowest BCUT2D eigenvalue weighted by Crippen LogP contribution is -2.29. The van der Waals surface area contributed by atoms with Crippen LogP contribution in [0.15, 0.2) is 65.7 Å². The molecule has 1 aliphatic heterocycles. The highest BCUT2D eigenvalue weighted by molar-refractivity contribution is 7.73. The molecule has 0 amide bonds. The van der Waals surface area contributed by atoms with Crippen LogP contribution in [0, 0.1) is 11.8 Å². The van der Waals surface area contributed by atoms with E-state index in [1.165, 1.54) is 29.9 Å². The second-order valence-corrected chi connectivity index (χ2v) is 10.2. The van der Waals surface area contributed by atoms with Crippen molar-refractivity contribution in [1.29, 1.82) is 0 Å². The van der Waals surface area contributed by atoms with Crippen LogP contribution in [0.5, 0.6) is 0 Å². The van der Waals surface area contributed by atoms with E-state index in [0.29, 0.717) is 23.5 Å². The molecule has 136 valence electrons. The Kier molecular flexibility index (Phi) is 5.41. The van der Waals surface area contributed by atoms with Gasteiger partial charge < -0.3 is 4.74 Å². The number of nitrogens with zero attached hydrogens (tertiary/aromatic N) is 1. The summed E-state index contributed by atoms with van der Waals surface area (Å²) in [6.07, 6.45) is 3.77. The average Bonchev–Trinajstić information content (AvgIpc) is 3.33. The lowest BCUT2D eigenvalue weighted by atomic mass is 10.1. The zero-order valence-corrected chi connectivity index (χ0v) is 16.6. The van der Waals surface area contributed by atoms with E-state index in [4.69, 9.17) is 9.73 Å². The third-order valence-corrected chi connectivity index (χ3v) is 8.65. The summed E-state index contributed by atoms with van der Waals surface area (Å²) in [6.45, 7) is 5.26. The van der Waals surface area contributed by atoms with Gasteiger partial charge in [0.05, 0.1) is 6.04 Å². The molecule has 0 N–H and O–H groups in total. The fourth-order valence-corrected chi connectivity index (χ4v) is 7.33. The highest BCUT2D eigenvalue weighted by Gasteiger charge is 2.40. The van der Waals surface area contributed by atoms with Gasteiger partial charge in [-0.3, -0.25) is 0 Å². The average molecular weight is 365 g/mol. The summed E-state index contributed by atoms with van der Waals surface area (Å²) in [4.78, 5) is 4.99. The Morgan fingerprint density at radius 3 is 2.08 bits per heavy atom. The van der Waals surface area contributed by atoms with Crippen LogP contribution in [0.1, 0.15) is 33.1 Å². The molecule has 1 heterocycles. The normalized spacial score (nSPS) is 25.5. The molecule has 0 spiro atoms. The second kappa shape index (κ2) is 7.92. The van der Waals surface area contributed by atoms with Gasteiger partial charge in [0, 0.05) is 5.92 Å². The quantitative estimate of drug-likeness (QED) is 0.701. The summed E-state index contributed by atoms with van der Waals surface area (Å²) < 4.78 is 6.12. The van der Waals surface area contributed by atoms with Gasteiger partial charge in [-0.1, -0.05) is 80.9 Å². The molecule has 3 atom stereocenters. The summed E-state index contributed by atoms with van der Waals surface area (Å²) in [7, 11) is -0.398. The molecule has 0 radical (unpaired) electrons. The predicted molar refractivity (Wildman–Crippen MR) is 112 cm³/mol. The third-order valence-electron chi connectivity index (χ3n) is 5.66. The van der Waals surface area contributed by atoms with Crippen molar-refractivity contribution in [2.24, 2.45) is 16.8 Å². The lowest BCUT2D eigenvalue weighted by Gasteiger charge is -2.29. The number of rotatable bonds is 5. The fourth-order valence-electron chi connectivity index (χ4n) is 4.20. The highest BCUT2D eigenvalue weighted by Crippen LogP contribution is 2.51. The monoisotopic (exact) mass is 365 g/mol. The number of aliphatic imine (C=N–C) groups is 1. The standard InChI is InChI=1S/C23H28NOP/c1-17(2)21-16-25-23(24-21)20-14-9-15-22(20)26(18-10-5-3-6-11-18)19-12-7-4-8-13-19/h3-8,10-13,17,20-22H,9,14-16H2,1-2H3. The highest BCUT2D eigenvalue weighted by atomic mass is 31.1. The smallest absolute Gasteiger partial charge is 0.187 e. The van der Waals surface area contributed by atoms with E-state index in [2.05, 4.69) is 74.5 Å². The molecule has 2 nitrogen and oxygen atoms in total. The minimum absolute atomic E-state index is 0.339. The van der Waals surface area contributed by atoms with Crippen molar-refractivity contribution >= 4 is 24.4 Å².